The van der Waals surface area contributed by atoms with Gasteiger partial charge in [-0.15, -0.1) is 0 Å². The lowest BCUT2D eigenvalue weighted by Crippen LogP contribution is -2.51. The summed E-state index contributed by atoms with van der Waals surface area (Å²) in [6.07, 6.45) is 5.79. The van der Waals surface area contributed by atoms with E-state index in [2.05, 4.69) is 21.9 Å². The molecule has 2 fully saturated rings. The number of piperazine rings is 1. The zero-order valence-corrected chi connectivity index (χ0v) is 19.3. The summed E-state index contributed by atoms with van der Waals surface area (Å²) >= 11 is 7.53. The van der Waals surface area contributed by atoms with Crippen LogP contribution in [0.15, 0.2) is 11.2 Å². The molecule has 3 rings (SSSR count). The molecule has 1 aromatic rings. The summed E-state index contributed by atoms with van der Waals surface area (Å²) in [5, 5.41) is 0.902. The van der Waals surface area contributed by atoms with Gasteiger partial charge >= 0.3 is 6.09 Å². The van der Waals surface area contributed by atoms with E-state index < -0.39 is 0 Å². The fourth-order valence-corrected chi connectivity index (χ4v) is 4.84. The van der Waals surface area contributed by atoms with Crippen LogP contribution in [0.5, 0.6) is 0 Å². The summed E-state index contributed by atoms with van der Waals surface area (Å²) in [6.45, 7) is 4.12. The highest BCUT2D eigenvalue weighted by Gasteiger charge is 2.25. The highest BCUT2D eigenvalue weighted by Crippen LogP contribution is 2.28. The molecule has 1 aliphatic carbocycles. The number of aromatic nitrogens is 2. The first-order valence-corrected chi connectivity index (χ1v) is 11.9. The molecule has 166 valence electrons. The number of ether oxygens (including phenoxy) is 1. The van der Waals surface area contributed by atoms with Crippen molar-refractivity contribution in [3.8, 4) is 0 Å². The minimum absolute atomic E-state index is 0.00858. The van der Waals surface area contributed by atoms with Gasteiger partial charge in [0.25, 0.3) is 0 Å². The Morgan fingerprint density at radius 1 is 1.17 bits per heavy atom. The summed E-state index contributed by atoms with van der Waals surface area (Å²) < 4.78 is 5.01. The van der Waals surface area contributed by atoms with E-state index in [0.29, 0.717) is 49.1 Å². The number of rotatable bonds is 6. The van der Waals surface area contributed by atoms with Gasteiger partial charge in [-0.3, -0.25) is 4.79 Å². The number of carbonyl (C=O) groups excluding carboxylic acids is 2. The van der Waals surface area contributed by atoms with Crippen molar-refractivity contribution in [2.45, 2.75) is 50.2 Å². The number of hydrogen-bond acceptors (Lipinski definition) is 7. The van der Waals surface area contributed by atoms with Gasteiger partial charge in [-0.05, 0) is 19.8 Å². The third-order valence-electron chi connectivity index (χ3n) is 5.63. The van der Waals surface area contributed by atoms with E-state index in [1.807, 2.05) is 0 Å². The van der Waals surface area contributed by atoms with Gasteiger partial charge in [0.1, 0.15) is 11.0 Å². The molecule has 1 aliphatic heterocycles. The average Bonchev–Trinajstić information content (AvgIpc) is 2.77. The van der Waals surface area contributed by atoms with Gasteiger partial charge in [0.2, 0.25) is 5.91 Å². The maximum Gasteiger partial charge on any atom is 0.409 e. The minimum Gasteiger partial charge on any atom is -0.450 e. The first-order valence-electron chi connectivity index (χ1n) is 10.6. The summed E-state index contributed by atoms with van der Waals surface area (Å²) in [4.78, 5) is 38.9. The Morgan fingerprint density at radius 3 is 2.50 bits per heavy atom. The number of halogens is 1. The van der Waals surface area contributed by atoms with E-state index in [-0.39, 0.29) is 17.8 Å². The Morgan fingerprint density at radius 2 is 1.83 bits per heavy atom. The molecule has 0 unspecified atom stereocenters. The van der Waals surface area contributed by atoms with E-state index in [1.165, 1.54) is 31.0 Å². The molecule has 2 amide bonds. The van der Waals surface area contributed by atoms with E-state index in [9.17, 15) is 9.59 Å². The molecule has 2 heterocycles. The Balaban J connectivity index is 1.52. The van der Waals surface area contributed by atoms with Crippen LogP contribution in [0.4, 0.5) is 10.6 Å². The molecular formula is C20H30ClN5O3S. The van der Waals surface area contributed by atoms with Gasteiger partial charge in [-0.2, -0.15) is 0 Å². The van der Waals surface area contributed by atoms with Crippen LogP contribution in [0.2, 0.25) is 5.15 Å². The van der Waals surface area contributed by atoms with Crippen LogP contribution in [0.25, 0.3) is 0 Å². The standard InChI is InChI=1S/C20H30ClN5O3S/c1-3-29-20(28)26-11-9-25(10-12-26)18(27)14-30-19-22-16(21)13-17(23-19)24(2)15-7-5-4-6-8-15/h13,15H,3-12,14H2,1-2H3. The number of amides is 2. The second kappa shape index (κ2) is 11.0. The number of nitrogens with zero attached hydrogens (tertiary/aromatic N) is 5. The molecule has 1 saturated carbocycles. The molecule has 2 aliphatic rings. The lowest BCUT2D eigenvalue weighted by molar-refractivity contribution is -0.129. The molecule has 30 heavy (non-hydrogen) atoms. The zero-order chi connectivity index (χ0) is 21.5. The number of anilines is 1. The van der Waals surface area contributed by atoms with Crippen LogP contribution >= 0.6 is 23.4 Å². The Bertz CT molecular complexity index is 739. The molecule has 0 bridgehead atoms. The molecule has 1 aromatic heterocycles. The van der Waals surface area contributed by atoms with Crippen LogP contribution in [-0.4, -0.2) is 83.4 Å². The maximum absolute atomic E-state index is 12.6. The number of carbonyl (C=O) groups is 2. The average molecular weight is 456 g/mol. The van der Waals surface area contributed by atoms with Crippen molar-refractivity contribution in [1.29, 1.82) is 0 Å². The van der Waals surface area contributed by atoms with Crippen molar-refractivity contribution < 1.29 is 14.3 Å². The monoisotopic (exact) mass is 455 g/mol. The second-order valence-electron chi connectivity index (χ2n) is 7.59. The number of hydrogen-bond donors (Lipinski definition) is 0. The molecule has 0 radical (unpaired) electrons. The van der Waals surface area contributed by atoms with Crippen molar-refractivity contribution in [3.63, 3.8) is 0 Å². The lowest BCUT2D eigenvalue weighted by Gasteiger charge is -2.34. The summed E-state index contributed by atoms with van der Waals surface area (Å²) in [7, 11) is 2.05. The van der Waals surface area contributed by atoms with Crippen molar-refractivity contribution in [2.75, 3.05) is 50.5 Å². The van der Waals surface area contributed by atoms with Crippen LogP contribution in [0, 0.1) is 0 Å². The quantitative estimate of drug-likeness (QED) is 0.370. The second-order valence-corrected chi connectivity index (χ2v) is 8.92. The van der Waals surface area contributed by atoms with E-state index in [4.69, 9.17) is 16.3 Å². The third-order valence-corrected chi connectivity index (χ3v) is 6.65. The zero-order valence-electron chi connectivity index (χ0n) is 17.7. The van der Waals surface area contributed by atoms with E-state index in [0.717, 1.165) is 18.7 Å². The smallest absolute Gasteiger partial charge is 0.409 e. The third kappa shape index (κ3) is 6.14. The summed E-state index contributed by atoms with van der Waals surface area (Å²) in [5.41, 5.74) is 0. The molecule has 0 aromatic carbocycles. The van der Waals surface area contributed by atoms with E-state index >= 15 is 0 Å². The van der Waals surface area contributed by atoms with Crippen molar-refractivity contribution >= 4 is 41.2 Å². The normalized spacial score (nSPS) is 17.7. The molecular weight excluding hydrogens is 426 g/mol. The van der Waals surface area contributed by atoms with Crippen molar-refractivity contribution in [3.05, 3.63) is 11.2 Å². The van der Waals surface area contributed by atoms with Gasteiger partial charge in [-0.1, -0.05) is 42.6 Å². The van der Waals surface area contributed by atoms with Crippen molar-refractivity contribution in [1.82, 2.24) is 19.8 Å². The lowest BCUT2D eigenvalue weighted by atomic mass is 9.94. The van der Waals surface area contributed by atoms with Crippen LogP contribution in [0.1, 0.15) is 39.0 Å². The Labute approximate surface area is 187 Å². The molecule has 0 N–H and O–H groups in total. The topological polar surface area (TPSA) is 78.9 Å². The molecule has 0 spiro atoms. The predicted octanol–water partition coefficient (Wildman–Crippen LogP) is 3.29. The largest absolute Gasteiger partial charge is 0.450 e. The molecule has 0 atom stereocenters. The molecule has 10 heteroatoms. The number of thioether (sulfide) groups is 1. The minimum atomic E-state index is -0.319. The highest BCUT2D eigenvalue weighted by molar-refractivity contribution is 7.99. The Hall–Kier alpha value is -1.74. The first-order chi connectivity index (χ1) is 14.5. The van der Waals surface area contributed by atoms with Gasteiger partial charge in [0.05, 0.1) is 12.4 Å². The van der Waals surface area contributed by atoms with Gasteiger partial charge < -0.3 is 19.4 Å². The first kappa shape index (κ1) is 22.9. The van der Waals surface area contributed by atoms with Crippen LogP contribution in [-0.2, 0) is 9.53 Å². The van der Waals surface area contributed by atoms with Crippen LogP contribution < -0.4 is 4.90 Å². The fourth-order valence-electron chi connectivity index (χ4n) is 3.86. The maximum atomic E-state index is 12.6. The van der Waals surface area contributed by atoms with Gasteiger partial charge in [0.15, 0.2) is 5.16 Å². The summed E-state index contributed by atoms with van der Waals surface area (Å²) in [5.74, 6) is 1.06. The Kier molecular flexibility index (Phi) is 8.44. The SMILES string of the molecule is CCOC(=O)N1CCN(C(=O)CSc2nc(Cl)cc(N(C)C3CCCCC3)n2)CC1. The van der Waals surface area contributed by atoms with Crippen molar-refractivity contribution in [2.24, 2.45) is 0 Å². The fraction of sp³-hybridized carbons (Fsp3) is 0.700. The molecule has 1 saturated heterocycles. The predicted molar refractivity (Wildman–Crippen MR) is 118 cm³/mol. The van der Waals surface area contributed by atoms with E-state index in [1.54, 1.807) is 22.8 Å². The molecule has 8 nitrogen and oxygen atoms in total. The highest BCUT2D eigenvalue weighted by atomic mass is 35.5. The van der Waals surface area contributed by atoms with Crippen LogP contribution in [0.3, 0.4) is 0 Å². The van der Waals surface area contributed by atoms with Gasteiger partial charge in [0, 0.05) is 45.3 Å². The summed E-state index contributed by atoms with van der Waals surface area (Å²) in [6, 6.07) is 2.26. The van der Waals surface area contributed by atoms with Gasteiger partial charge in [-0.25, -0.2) is 14.8 Å².